The van der Waals surface area contributed by atoms with Gasteiger partial charge in [0.15, 0.2) is 0 Å². The maximum absolute atomic E-state index is 13.3. The van der Waals surface area contributed by atoms with E-state index in [1.165, 1.54) is 12.1 Å². The Bertz CT molecular complexity index is 1090. The number of carbonyl (C=O) groups is 1. The van der Waals surface area contributed by atoms with Crippen LogP contribution in [0.1, 0.15) is 10.5 Å². The van der Waals surface area contributed by atoms with Crippen molar-refractivity contribution in [1.29, 1.82) is 0 Å². The standard InChI is InChI=1S/C21H16FN3O/c1-23-21(26)20-19(15-7-10-17(22)11-8-15)24-18-12-9-16(13-25(18)20)14-5-3-2-4-6-14/h2-13H,1H3,(H,23,26). The van der Waals surface area contributed by atoms with E-state index in [2.05, 4.69) is 10.3 Å². The summed E-state index contributed by atoms with van der Waals surface area (Å²) in [6.07, 6.45) is 1.90. The number of amides is 1. The van der Waals surface area contributed by atoms with Crippen molar-refractivity contribution in [3.05, 3.63) is 84.4 Å². The van der Waals surface area contributed by atoms with Gasteiger partial charge in [-0.05, 0) is 47.5 Å². The molecule has 2 heterocycles. The molecule has 0 radical (unpaired) electrons. The van der Waals surface area contributed by atoms with Gasteiger partial charge in [0.25, 0.3) is 5.91 Å². The number of nitrogens with zero attached hydrogens (tertiary/aromatic N) is 2. The molecule has 4 rings (SSSR count). The van der Waals surface area contributed by atoms with Crippen LogP contribution in [0.2, 0.25) is 0 Å². The molecule has 1 N–H and O–H groups in total. The third kappa shape index (κ3) is 2.73. The number of hydrogen-bond acceptors (Lipinski definition) is 2. The smallest absolute Gasteiger partial charge is 0.270 e. The van der Waals surface area contributed by atoms with Gasteiger partial charge >= 0.3 is 0 Å². The average molecular weight is 345 g/mol. The maximum Gasteiger partial charge on any atom is 0.270 e. The highest BCUT2D eigenvalue weighted by molar-refractivity contribution is 5.99. The molecule has 0 bridgehead atoms. The van der Waals surface area contributed by atoms with Crippen molar-refractivity contribution in [2.24, 2.45) is 0 Å². The molecule has 4 aromatic rings. The summed E-state index contributed by atoms with van der Waals surface area (Å²) in [4.78, 5) is 17.1. The van der Waals surface area contributed by atoms with E-state index in [0.717, 1.165) is 11.1 Å². The summed E-state index contributed by atoms with van der Waals surface area (Å²) >= 11 is 0. The summed E-state index contributed by atoms with van der Waals surface area (Å²) in [5.41, 5.74) is 4.32. The van der Waals surface area contributed by atoms with Gasteiger partial charge in [-0.2, -0.15) is 0 Å². The number of hydrogen-bond donors (Lipinski definition) is 1. The second-order valence-electron chi connectivity index (χ2n) is 5.91. The van der Waals surface area contributed by atoms with Gasteiger partial charge in [-0.25, -0.2) is 9.37 Å². The first-order valence-electron chi connectivity index (χ1n) is 8.23. The van der Waals surface area contributed by atoms with Crippen LogP contribution in [0, 0.1) is 5.82 Å². The van der Waals surface area contributed by atoms with E-state index < -0.39 is 0 Å². The number of rotatable bonds is 3. The zero-order chi connectivity index (χ0) is 18.1. The molecule has 0 aliphatic rings. The number of nitrogens with one attached hydrogen (secondary N) is 1. The highest BCUT2D eigenvalue weighted by Crippen LogP contribution is 2.27. The van der Waals surface area contributed by atoms with Crippen molar-refractivity contribution >= 4 is 11.6 Å². The molecule has 128 valence electrons. The van der Waals surface area contributed by atoms with Crippen molar-refractivity contribution in [3.8, 4) is 22.4 Å². The Morgan fingerprint density at radius 1 is 0.923 bits per heavy atom. The first-order chi connectivity index (χ1) is 12.7. The van der Waals surface area contributed by atoms with Gasteiger partial charge in [0.2, 0.25) is 0 Å². The summed E-state index contributed by atoms with van der Waals surface area (Å²) in [6.45, 7) is 0. The Hall–Kier alpha value is -3.47. The SMILES string of the molecule is CNC(=O)c1c(-c2ccc(F)cc2)nc2ccc(-c3ccccc3)cn12. The minimum Gasteiger partial charge on any atom is -0.354 e. The van der Waals surface area contributed by atoms with Crippen molar-refractivity contribution in [3.63, 3.8) is 0 Å². The molecule has 0 atom stereocenters. The van der Waals surface area contributed by atoms with Gasteiger partial charge in [0, 0.05) is 18.8 Å². The number of aromatic nitrogens is 2. The Labute approximate surface area is 149 Å². The largest absolute Gasteiger partial charge is 0.354 e. The average Bonchev–Trinajstić information content (AvgIpc) is 3.07. The Balaban J connectivity index is 1.95. The lowest BCUT2D eigenvalue weighted by molar-refractivity contribution is 0.0958. The van der Waals surface area contributed by atoms with Crippen molar-refractivity contribution < 1.29 is 9.18 Å². The minimum absolute atomic E-state index is 0.248. The normalized spacial score (nSPS) is 10.8. The predicted molar refractivity (Wildman–Crippen MR) is 99.4 cm³/mol. The van der Waals surface area contributed by atoms with E-state index in [9.17, 15) is 9.18 Å². The van der Waals surface area contributed by atoms with Gasteiger partial charge in [0.05, 0.1) is 0 Å². The first-order valence-corrected chi connectivity index (χ1v) is 8.23. The fraction of sp³-hybridized carbons (Fsp3) is 0.0476. The van der Waals surface area contributed by atoms with Gasteiger partial charge in [-0.15, -0.1) is 0 Å². The predicted octanol–water partition coefficient (Wildman–Crippen LogP) is 4.17. The third-order valence-corrected chi connectivity index (χ3v) is 4.29. The van der Waals surface area contributed by atoms with Crippen LogP contribution >= 0.6 is 0 Å². The molecule has 1 amide bonds. The molecule has 4 nitrogen and oxygen atoms in total. The molecular weight excluding hydrogens is 329 g/mol. The van der Waals surface area contributed by atoms with Crippen molar-refractivity contribution in [2.45, 2.75) is 0 Å². The second kappa shape index (κ2) is 6.44. The molecule has 2 aromatic carbocycles. The number of fused-ring (bicyclic) bond motifs is 1. The third-order valence-electron chi connectivity index (χ3n) is 4.29. The molecular formula is C21H16FN3O. The Kier molecular flexibility index (Phi) is 3.97. The summed E-state index contributed by atoms with van der Waals surface area (Å²) < 4.78 is 15.0. The van der Waals surface area contributed by atoms with Gasteiger partial charge in [0.1, 0.15) is 22.9 Å². The molecule has 5 heteroatoms. The highest BCUT2D eigenvalue weighted by Gasteiger charge is 2.20. The van der Waals surface area contributed by atoms with Gasteiger partial charge < -0.3 is 5.32 Å². The van der Waals surface area contributed by atoms with Crippen LogP contribution in [0.4, 0.5) is 4.39 Å². The van der Waals surface area contributed by atoms with Gasteiger partial charge in [-0.3, -0.25) is 9.20 Å². The van der Waals surface area contributed by atoms with Crippen LogP contribution < -0.4 is 5.32 Å². The van der Waals surface area contributed by atoms with Crippen LogP contribution in [-0.2, 0) is 0 Å². The summed E-state index contributed by atoms with van der Waals surface area (Å²) in [7, 11) is 1.58. The molecule has 0 aliphatic heterocycles. The fourth-order valence-corrected chi connectivity index (χ4v) is 2.99. The van der Waals surface area contributed by atoms with Gasteiger partial charge in [-0.1, -0.05) is 30.3 Å². The molecule has 0 aliphatic carbocycles. The Morgan fingerprint density at radius 3 is 2.31 bits per heavy atom. The van der Waals surface area contributed by atoms with E-state index >= 15 is 0 Å². The fourth-order valence-electron chi connectivity index (χ4n) is 2.99. The molecule has 2 aromatic heterocycles. The van der Waals surface area contributed by atoms with Crippen molar-refractivity contribution in [2.75, 3.05) is 7.05 Å². The Morgan fingerprint density at radius 2 is 1.62 bits per heavy atom. The summed E-state index contributed by atoms with van der Waals surface area (Å²) in [6, 6.07) is 19.8. The molecule has 0 saturated heterocycles. The molecule has 0 saturated carbocycles. The van der Waals surface area contributed by atoms with Crippen LogP contribution in [-0.4, -0.2) is 22.3 Å². The van der Waals surface area contributed by atoms with E-state index in [1.54, 1.807) is 23.6 Å². The second-order valence-corrected chi connectivity index (χ2v) is 5.91. The topological polar surface area (TPSA) is 46.4 Å². The molecule has 0 unspecified atom stereocenters. The quantitative estimate of drug-likeness (QED) is 0.606. The first kappa shape index (κ1) is 16.0. The van der Waals surface area contributed by atoms with Crippen LogP contribution in [0.15, 0.2) is 72.9 Å². The minimum atomic E-state index is -0.328. The monoisotopic (exact) mass is 345 g/mol. The lowest BCUT2D eigenvalue weighted by atomic mass is 10.1. The number of carbonyl (C=O) groups excluding carboxylic acids is 1. The van der Waals surface area contributed by atoms with Crippen LogP contribution in [0.3, 0.4) is 0 Å². The van der Waals surface area contributed by atoms with E-state index in [0.29, 0.717) is 22.6 Å². The highest BCUT2D eigenvalue weighted by atomic mass is 19.1. The van der Waals surface area contributed by atoms with Crippen molar-refractivity contribution in [1.82, 2.24) is 14.7 Å². The van der Waals surface area contributed by atoms with E-state index in [4.69, 9.17) is 0 Å². The zero-order valence-electron chi connectivity index (χ0n) is 14.1. The number of imidazole rings is 1. The molecule has 26 heavy (non-hydrogen) atoms. The van der Waals surface area contributed by atoms with E-state index in [1.807, 2.05) is 48.7 Å². The molecule has 0 fully saturated rings. The number of benzene rings is 2. The van der Waals surface area contributed by atoms with Crippen LogP contribution in [0.25, 0.3) is 28.0 Å². The summed E-state index contributed by atoms with van der Waals surface area (Å²) in [5.74, 6) is -0.576. The number of pyridine rings is 1. The lowest BCUT2D eigenvalue weighted by Crippen LogP contribution is -2.20. The van der Waals surface area contributed by atoms with E-state index in [-0.39, 0.29) is 11.7 Å². The van der Waals surface area contributed by atoms with Crippen LogP contribution in [0.5, 0.6) is 0 Å². The zero-order valence-corrected chi connectivity index (χ0v) is 14.1. The lowest BCUT2D eigenvalue weighted by Gasteiger charge is -2.06. The molecule has 0 spiro atoms. The maximum atomic E-state index is 13.3. The summed E-state index contributed by atoms with van der Waals surface area (Å²) in [5, 5.41) is 2.67. The number of halogens is 1.